The smallest absolute Gasteiger partial charge is 0.335 e. The molecular formula is C22H24N2O5. The molecule has 7 heteroatoms. The molecule has 1 fully saturated rings. The fourth-order valence-corrected chi connectivity index (χ4v) is 3.36. The van der Waals surface area contributed by atoms with Crippen molar-refractivity contribution in [3.05, 3.63) is 53.6 Å². The molecule has 1 saturated heterocycles. The van der Waals surface area contributed by atoms with Gasteiger partial charge in [-0.15, -0.1) is 0 Å². The lowest BCUT2D eigenvalue weighted by Gasteiger charge is -2.17. The zero-order valence-corrected chi connectivity index (χ0v) is 16.2. The van der Waals surface area contributed by atoms with Crippen LogP contribution in [0, 0.1) is 5.92 Å². The van der Waals surface area contributed by atoms with E-state index >= 15 is 0 Å². The molecule has 1 aliphatic heterocycles. The van der Waals surface area contributed by atoms with Gasteiger partial charge < -0.3 is 20.4 Å². The largest absolute Gasteiger partial charge is 0.506 e. The number of phenolic OH excluding ortho intramolecular Hbond substituents is 1. The summed E-state index contributed by atoms with van der Waals surface area (Å²) in [4.78, 5) is 37.5. The van der Waals surface area contributed by atoms with E-state index < -0.39 is 17.8 Å². The first kappa shape index (κ1) is 20.4. The van der Waals surface area contributed by atoms with Gasteiger partial charge in [-0.25, -0.2) is 4.79 Å². The highest BCUT2D eigenvalue weighted by Crippen LogP contribution is 2.29. The average Bonchev–Trinajstić information content (AvgIpc) is 3.10. The number of anilines is 2. The van der Waals surface area contributed by atoms with Gasteiger partial charge in [0.1, 0.15) is 5.75 Å². The molecule has 0 radical (unpaired) electrons. The molecule has 3 N–H and O–H groups in total. The summed E-state index contributed by atoms with van der Waals surface area (Å²) >= 11 is 0. The highest BCUT2D eigenvalue weighted by molar-refractivity contribution is 6.04. The van der Waals surface area contributed by atoms with E-state index in [1.165, 1.54) is 17.7 Å². The highest BCUT2D eigenvalue weighted by Gasteiger charge is 2.35. The third-order valence-corrected chi connectivity index (χ3v) is 5.07. The number of nitrogens with one attached hydrogen (secondary N) is 1. The summed E-state index contributed by atoms with van der Waals surface area (Å²) in [5, 5.41) is 21.5. The van der Waals surface area contributed by atoms with Gasteiger partial charge in [-0.1, -0.05) is 25.5 Å². The molecule has 2 aromatic carbocycles. The first-order valence-corrected chi connectivity index (χ1v) is 9.65. The second-order valence-electron chi connectivity index (χ2n) is 7.20. The van der Waals surface area contributed by atoms with Crippen molar-refractivity contribution in [2.24, 2.45) is 5.92 Å². The minimum Gasteiger partial charge on any atom is -0.506 e. The molecule has 2 amide bonds. The lowest BCUT2D eigenvalue weighted by atomic mass is 10.1. The third kappa shape index (κ3) is 4.74. The van der Waals surface area contributed by atoms with Gasteiger partial charge in [0.05, 0.1) is 17.2 Å². The van der Waals surface area contributed by atoms with Crippen LogP contribution in [0.2, 0.25) is 0 Å². The molecule has 0 bridgehead atoms. The summed E-state index contributed by atoms with van der Waals surface area (Å²) in [5.41, 5.74) is 2.02. The number of aryl methyl sites for hydroxylation is 1. The summed E-state index contributed by atoms with van der Waals surface area (Å²) in [7, 11) is 0. The van der Waals surface area contributed by atoms with Crippen molar-refractivity contribution in [1.82, 2.24) is 0 Å². The number of aromatic carboxylic acids is 1. The molecule has 1 aliphatic rings. The number of hydrogen-bond acceptors (Lipinski definition) is 4. The van der Waals surface area contributed by atoms with Crippen LogP contribution in [-0.4, -0.2) is 34.5 Å². The molecule has 7 nitrogen and oxygen atoms in total. The van der Waals surface area contributed by atoms with Crippen molar-refractivity contribution in [2.45, 2.75) is 32.6 Å². The lowest BCUT2D eigenvalue weighted by molar-refractivity contribution is -0.122. The molecule has 3 rings (SSSR count). The number of nitrogens with zero attached hydrogens (tertiary/aromatic N) is 1. The number of phenols is 1. The summed E-state index contributed by atoms with van der Waals surface area (Å²) in [5.74, 6) is -2.57. The van der Waals surface area contributed by atoms with Gasteiger partial charge in [0.15, 0.2) is 0 Å². The van der Waals surface area contributed by atoms with E-state index in [1.54, 1.807) is 4.90 Å². The van der Waals surface area contributed by atoms with Crippen molar-refractivity contribution < 1.29 is 24.6 Å². The van der Waals surface area contributed by atoms with E-state index in [-0.39, 0.29) is 35.9 Å². The molecule has 2 aromatic rings. The minimum absolute atomic E-state index is 0.0786. The number of unbranched alkanes of at least 4 members (excludes halogenated alkanes) is 1. The van der Waals surface area contributed by atoms with Gasteiger partial charge in [0.25, 0.3) is 0 Å². The van der Waals surface area contributed by atoms with E-state index in [9.17, 15) is 19.5 Å². The van der Waals surface area contributed by atoms with Crippen LogP contribution in [0.4, 0.5) is 11.4 Å². The Kier molecular flexibility index (Phi) is 6.16. The Bertz CT molecular complexity index is 923. The monoisotopic (exact) mass is 396 g/mol. The number of amides is 2. The number of benzene rings is 2. The average molecular weight is 396 g/mol. The predicted octanol–water partition coefficient (Wildman–Crippen LogP) is 3.42. The molecule has 152 valence electrons. The summed E-state index contributed by atoms with van der Waals surface area (Å²) in [6.45, 7) is 2.40. The maximum Gasteiger partial charge on any atom is 0.335 e. The SMILES string of the molecule is CCCCc1ccc(N2CC(C(=O)Nc3ccc(C(=O)O)cc3O)CC2=O)cc1. The van der Waals surface area contributed by atoms with Crippen LogP contribution in [0.5, 0.6) is 5.75 Å². The van der Waals surface area contributed by atoms with Crippen molar-refractivity contribution in [2.75, 3.05) is 16.8 Å². The first-order chi connectivity index (χ1) is 13.9. The highest BCUT2D eigenvalue weighted by atomic mass is 16.4. The van der Waals surface area contributed by atoms with Crippen LogP contribution in [-0.2, 0) is 16.0 Å². The van der Waals surface area contributed by atoms with Gasteiger partial charge in [0.2, 0.25) is 11.8 Å². The van der Waals surface area contributed by atoms with Gasteiger partial charge in [0, 0.05) is 18.7 Å². The Morgan fingerprint density at radius 3 is 2.52 bits per heavy atom. The van der Waals surface area contributed by atoms with Crippen LogP contribution in [0.15, 0.2) is 42.5 Å². The molecule has 0 spiro atoms. The van der Waals surface area contributed by atoms with Gasteiger partial charge >= 0.3 is 5.97 Å². The molecule has 1 unspecified atom stereocenters. The fraction of sp³-hybridized carbons (Fsp3) is 0.318. The predicted molar refractivity (Wildman–Crippen MR) is 109 cm³/mol. The quantitative estimate of drug-likeness (QED) is 0.622. The second-order valence-corrected chi connectivity index (χ2v) is 7.20. The van der Waals surface area contributed by atoms with Crippen LogP contribution < -0.4 is 10.2 Å². The van der Waals surface area contributed by atoms with E-state index in [0.29, 0.717) is 0 Å². The minimum atomic E-state index is -1.17. The van der Waals surface area contributed by atoms with Gasteiger partial charge in [-0.2, -0.15) is 0 Å². The van der Waals surface area contributed by atoms with Gasteiger partial charge in [-0.05, 0) is 48.7 Å². The zero-order valence-electron chi connectivity index (χ0n) is 16.2. The standard InChI is InChI=1S/C22H24N2O5/c1-2-3-4-14-5-8-17(9-6-14)24-13-16(12-20(24)26)21(27)23-18-10-7-15(22(28)29)11-19(18)25/h5-11,16,25H,2-4,12-13H2,1H3,(H,23,27)(H,28,29). The number of aromatic hydroxyl groups is 1. The first-order valence-electron chi connectivity index (χ1n) is 9.65. The van der Waals surface area contributed by atoms with E-state index in [0.717, 1.165) is 31.0 Å². The molecule has 1 atom stereocenters. The zero-order chi connectivity index (χ0) is 21.0. The Hall–Kier alpha value is -3.35. The van der Waals surface area contributed by atoms with Crippen LogP contribution in [0.25, 0.3) is 0 Å². The van der Waals surface area contributed by atoms with E-state index in [4.69, 9.17) is 5.11 Å². The van der Waals surface area contributed by atoms with E-state index in [2.05, 4.69) is 12.2 Å². The normalized spacial score (nSPS) is 16.1. The van der Waals surface area contributed by atoms with Crippen LogP contribution in [0.3, 0.4) is 0 Å². The number of carboxylic acids is 1. The number of carbonyl (C=O) groups excluding carboxylic acids is 2. The number of rotatable bonds is 7. The summed E-state index contributed by atoms with van der Waals surface area (Å²) in [6.07, 6.45) is 3.32. The van der Waals surface area contributed by atoms with Crippen molar-refractivity contribution in [3.8, 4) is 5.75 Å². The molecule has 0 aromatic heterocycles. The second kappa shape index (κ2) is 8.77. The molecule has 0 aliphatic carbocycles. The Balaban J connectivity index is 1.65. The van der Waals surface area contributed by atoms with Crippen molar-refractivity contribution in [1.29, 1.82) is 0 Å². The maximum absolute atomic E-state index is 12.6. The van der Waals surface area contributed by atoms with Gasteiger partial charge in [-0.3, -0.25) is 9.59 Å². The lowest BCUT2D eigenvalue weighted by Crippen LogP contribution is -2.28. The molecular weight excluding hydrogens is 372 g/mol. The van der Waals surface area contributed by atoms with E-state index in [1.807, 2.05) is 24.3 Å². The number of carboxylic acid groups (broad SMARTS) is 1. The summed E-state index contributed by atoms with van der Waals surface area (Å²) < 4.78 is 0. The fourth-order valence-electron chi connectivity index (χ4n) is 3.36. The third-order valence-electron chi connectivity index (χ3n) is 5.07. The van der Waals surface area contributed by atoms with Crippen LogP contribution >= 0.6 is 0 Å². The molecule has 1 heterocycles. The Morgan fingerprint density at radius 1 is 1.17 bits per heavy atom. The Labute approximate surface area is 169 Å². The summed E-state index contributed by atoms with van der Waals surface area (Å²) in [6, 6.07) is 11.5. The van der Waals surface area contributed by atoms with Crippen molar-refractivity contribution in [3.63, 3.8) is 0 Å². The van der Waals surface area contributed by atoms with Crippen LogP contribution in [0.1, 0.15) is 42.1 Å². The Morgan fingerprint density at radius 2 is 1.90 bits per heavy atom. The maximum atomic E-state index is 12.6. The van der Waals surface area contributed by atoms with Crippen molar-refractivity contribution >= 4 is 29.2 Å². The molecule has 29 heavy (non-hydrogen) atoms. The molecule has 0 saturated carbocycles. The topological polar surface area (TPSA) is 107 Å². The number of carbonyl (C=O) groups is 3. The number of hydrogen-bond donors (Lipinski definition) is 3.